The maximum atomic E-state index is 12.6. The lowest BCUT2D eigenvalue weighted by Crippen LogP contribution is -2.22. The van der Waals surface area contributed by atoms with Crippen LogP contribution in [0.3, 0.4) is 0 Å². The normalized spacial score (nSPS) is 20.5. The average molecular weight is 194 g/mol. The Labute approximate surface area is 79.1 Å². The van der Waals surface area contributed by atoms with Crippen molar-refractivity contribution in [2.75, 3.05) is 0 Å². The first-order valence-electron chi connectivity index (χ1n) is 4.03. The molecule has 3 amide bonds. The molecule has 1 saturated heterocycles. The molecule has 0 unspecified atom stereocenters. The van der Waals surface area contributed by atoms with E-state index in [1.54, 1.807) is 0 Å². The zero-order valence-electron chi connectivity index (χ0n) is 7.08. The standard InChI is InChI=1S/C9H7FN2O2/c10-6-3-1-5(2-4-6)7-8(13)12-9(14)11-7/h1-4,7H,(H2,11,12,13,14)/t7-/m1/s1. The van der Waals surface area contributed by atoms with Gasteiger partial charge in [-0.25, -0.2) is 9.18 Å². The van der Waals surface area contributed by atoms with E-state index in [4.69, 9.17) is 0 Å². The molecule has 14 heavy (non-hydrogen) atoms. The van der Waals surface area contributed by atoms with Gasteiger partial charge in [-0.05, 0) is 17.7 Å². The van der Waals surface area contributed by atoms with Gasteiger partial charge < -0.3 is 5.32 Å². The van der Waals surface area contributed by atoms with E-state index in [2.05, 4.69) is 10.6 Å². The van der Waals surface area contributed by atoms with Crippen molar-refractivity contribution in [3.05, 3.63) is 35.6 Å². The summed E-state index contributed by atoms with van der Waals surface area (Å²) in [5.74, 6) is -0.792. The maximum absolute atomic E-state index is 12.6. The topological polar surface area (TPSA) is 58.2 Å². The Balaban J connectivity index is 2.27. The maximum Gasteiger partial charge on any atom is 0.322 e. The molecule has 1 aliphatic heterocycles. The van der Waals surface area contributed by atoms with Crippen LogP contribution in [0.15, 0.2) is 24.3 Å². The number of urea groups is 1. The molecule has 0 saturated carbocycles. The highest BCUT2D eigenvalue weighted by Gasteiger charge is 2.30. The smallest absolute Gasteiger partial charge is 0.322 e. The summed E-state index contributed by atoms with van der Waals surface area (Å²) in [6.45, 7) is 0. The van der Waals surface area contributed by atoms with Crippen molar-refractivity contribution < 1.29 is 14.0 Å². The van der Waals surface area contributed by atoms with Gasteiger partial charge in [-0.1, -0.05) is 12.1 Å². The van der Waals surface area contributed by atoms with E-state index in [1.165, 1.54) is 24.3 Å². The third-order valence-corrected chi connectivity index (χ3v) is 1.98. The van der Waals surface area contributed by atoms with E-state index in [1.807, 2.05) is 0 Å². The van der Waals surface area contributed by atoms with Gasteiger partial charge >= 0.3 is 6.03 Å². The second-order valence-corrected chi connectivity index (χ2v) is 2.95. The monoisotopic (exact) mass is 194 g/mol. The summed E-state index contributed by atoms with van der Waals surface area (Å²) in [6.07, 6.45) is 0. The summed E-state index contributed by atoms with van der Waals surface area (Å²) in [6, 6.07) is 4.18. The lowest BCUT2D eigenvalue weighted by Gasteiger charge is -2.06. The van der Waals surface area contributed by atoms with Gasteiger partial charge in [0.25, 0.3) is 5.91 Å². The molecule has 0 spiro atoms. The van der Waals surface area contributed by atoms with Gasteiger partial charge in [0.15, 0.2) is 0 Å². The lowest BCUT2D eigenvalue weighted by atomic mass is 10.1. The van der Waals surface area contributed by atoms with Crippen LogP contribution in [0.5, 0.6) is 0 Å². The van der Waals surface area contributed by atoms with Crippen LogP contribution in [0.1, 0.15) is 11.6 Å². The van der Waals surface area contributed by atoms with Crippen LogP contribution in [0.4, 0.5) is 9.18 Å². The molecular formula is C9H7FN2O2. The number of rotatable bonds is 1. The lowest BCUT2D eigenvalue weighted by molar-refractivity contribution is -0.120. The van der Waals surface area contributed by atoms with Crippen LogP contribution < -0.4 is 10.6 Å². The number of carbonyl (C=O) groups is 2. The van der Waals surface area contributed by atoms with Crippen LogP contribution >= 0.6 is 0 Å². The average Bonchev–Trinajstić information content (AvgIpc) is 2.47. The highest BCUT2D eigenvalue weighted by Crippen LogP contribution is 2.16. The zero-order chi connectivity index (χ0) is 10.1. The summed E-state index contributed by atoms with van der Waals surface area (Å²) < 4.78 is 12.6. The van der Waals surface area contributed by atoms with Gasteiger partial charge in [0, 0.05) is 0 Å². The third kappa shape index (κ3) is 1.44. The van der Waals surface area contributed by atoms with Crippen molar-refractivity contribution in [2.45, 2.75) is 6.04 Å². The molecule has 72 valence electrons. The van der Waals surface area contributed by atoms with E-state index >= 15 is 0 Å². The van der Waals surface area contributed by atoms with Crippen LogP contribution in [0, 0.1) is 5.82 Å². The molecule has 1 atom stereocenters. The number of imide groups is 1. The largest absolute Gasteiger partial charge is 0.322 e. The molecule has 0 bridgehead atoms. The SMILES string of the molecule is O=C1NC(=O)[C@@H](c2ccc(F)cc2)N1. The minimum Gasteiger partial charge on any atom is -0.322 e. The summed E-state index contributed by atoms with van der Waals surface area (Å²) in [4.78, 5) is 22.0. The summed E-state index contributed by atoms with van der Waals surface area (Å²) in [7, 11) is 0. The van der Waals surface area contributed by atoms with Crippen LogP contribution in [0.25, 0.3) is 0 Å². The van der Waals surface area contributed by atoms with Crippen LogP contribution in [-0.2, 0) is 4.79 Å². The molecule has 4 nitrogen and oxygen atoms in total. The molecular weight excluding hydrogens is 187 g/mol. The molecule has 1 fully saturated rings. The van der Waals surface area contributed by atoms with Crippen molar-refractivity contribution in [2.24, 2.45) is 0 Å². The van der Waals surface area contributed by atoms with Crippen molar-refractivity contribution in [1.82, 2.24) is 10.6 Å². The van der Waals surface area contributed by atoms with Gasteiger partial charge in [-0.2, -0.15) is 0 Å². The molecule has 1 aromatic carbocycles. The van der Waals surface area contributed by atoms with Crippen LogP contribution in [-0.4, -0.2) is 11.9 Å². The summed E-state index contributed by atoms with van der Waals surface area (Å²) >= 11 is 0. The summed E-state index contributed by atoms with van der Waals surface area (Å²) in [5.41, 5.74) is 0.565. The minimum atomic E-state index is -0.705. The predicted octanol–water partition coefficient (Wildman–Crippen LogP) is 0.706. The number of amides is 3. The van der Waals surface area contributed by atoms with Gasteiger partial charge in [-0.15, -0.1) is 0 Å². The van der Waals surface area contributed by atoms with Gasteiger partial charge in [0.1, 0.15) is 11.9 Å². The second-order valence-electron chi connectivity index (χ2n) is 2.95. The number of hydrogen-bond acceptors (Lipinski definition) is 2. The zero-order valence-corrected chi connectivity index (χ0v) is 7.08. The first kappa shape index (κ1) is 8.68. The minimum absolute atomic E-state index is 0.376. The molecule has 5 heteroatoms. The predicted molar refractivity (Wildman–Crippen MR) is 45.8 cm³/mol. The molecule has 0 aliphatic carbocycles. The van der Waals surface area contributed by atoms with Gasteiger partial charge in [-0.3, -0.25) is 10.1 Å². The quantitative estimate of drug-likeness (QED) is 0.647. The fourth-order valence-electron chi connectivity index (χ4n) is 1.31. The molecule has 1 aliphatic rings. The first-order valence-corrected chi connectivity index (χ1v) is 4.03. The number of benzene rings is 1. The van der Waals surface area contributed by atoms with E-state index < -0.39 is 18.0 Å². The summed E-state index contributed by atoms with van der Waals surface area (Å²) in [5, 5.41) is 4.51. The molecule has 1 heterocycles. The van der Waals surface area contributed by atoms with E-state index in [0.717, 1.165) is 0 Å². The second kappa shape index (κ2) is 3.10. The Hall–Kier alpha value is -1.91. The van der Waals surface area contributed by atoms with Crippen molar-refractivity contribution in [3.63, 3.8) is 0 Å². The van der Waals surface area contributed by atoms with Gasteiger partial charge in [0.2, 0.25) is 0 Å². The molecule has 1 aromatic rings. The molecule has 0 radical (unpaired) electrons. The Morgan fingerprint density at radius 1 is 1.14 bits per heavy atom. The van der Waals surface area contributed by atoms with Crippen molar-refractivity contribution in [1.29, 1.82) is 0 Å². The van der Waals surface area contributed by atoms with E-state index in [9.17, 15) is 14.0 Å². The van der Waals surface area contributed by atoms with Crippen molar-refractivity contribution in [3.8, 4) is 0 Å². The molecule has 2 N–H and O–H groups in total. The third-order valence-electron chi connectivity index (χ3n) is 1.98. The highest BCUT2D eigenvalue weighted by molar-refractivity contribution is 6.04. The van der Waals surface area contributed by atoms with Crippen molar-refractivity contribution >= 4 is 11.9 Å². The fraction of sp³-hybridized carbons (Fsp3) is 0.111. The highest BCUT2D eigenvalue weighted by atomic mass is 19.1. The van der Waals surface area contributed by atoms with Gasteiger partial charge in [0.05, 0.1) is 0 Å². The molecule has 0 aromatic heterocycles. The van der Waals surface area contributed by atoms with Crippen LogP contribution in [0.2, 0.25) is 0 Å². The Morgan fingerprint density at radius 3 is 2.29 bits per heavy atom. The molecule has 2 rings (SSSR count). The number of nitrogens with one attached hydrogen (secondary N) is 2. The van der Waals surface area contributed by atoms with E-state index in [0.29, 0.717) is 5.56 Å². The number of halogens is 1. The Kier molecular flexibility index (Phi) is 1.92. The van der Waals surface area contributed by atoms with E-state index in [-0.39, 0.29) is 5.82 Å². The first-order chi connectivity index (χ1) is 6.66. The fourth-order valence-corrected chi connectivity index (χ4v) is 1.31. The Morgan fingerprint density at radius 2 is 1.79 bits per heavy atom. The number of hydrogen-bond donors (Lipinski definition) is 2. The number of carbonyl (C=O) groups excluding carboxylic acids is 2. The Bertz CT molecular complexity index is 388.